The standard InChI is InChI=1S/C17H20O2S/c18-17(19)11-20-10-12-5-6-15-8-13-3-1-2-4-14(13)9-16(15)7-12/h1-2,4,7,9,13,15H,3,5-6,8,10-11H2,(H,18,19)/t13-,15?/m0/s1. The van der Waals surface area contributed by atoms with Crippen molar-refractivity contribution in [1.82, 2.24) is 0 Å². The lowest BCUT2D eigenvalue weighted by Crippen LogP contribution is -2.21. The van der Waals surface area contributed by atoms with Crippen molar-refractivity contribution >= 4 is 17.7 Å². The Morgan fingerprint density at radius 3 is 3.05 bits per heavy atom. The molecule has 2 atom stereocenters. The third kappa shape index (κ3) is 3.09. The maximum Gasteiger partial charge on any atom is 0.313 e. The SMILES string of the molecule is O=C(O)CSCC1=CC2=CC3=CC=CC[C@H]3CC2CC1. The van der Waals surface area contributed by atoms with Crippen LogP contribution in [0.5, 0.6) is 0 Å². The number of thioether (sulfide) groups is 1. The van der Waals surface area contributed by atoms with E-state index in [0.717, 1.165) is 24.0 Å². The zero-order valence-electron chi connectivity index (χ0n) is 11.5. The van der Waals surface area contributed by atoms with Crippen LogP contribution in [0, 0.1) is 11.8 Å². The van der Waals surface area contributed by atoms with Gasteiger partial charge in [0, 0.05) is 5.75 Å². The molecule has 0 aromatic heterocycles. The lowest BCUT2D eigenvalue weighted by Gasteiger charge is -2.34. The minimum Gasteiger partial charge on any atom is -0.481 e. The highest BCUT2D eigenvalue weighted by molar-refractivity contribution is 8.00. The first kappa shape index (κ1) is 13.7. The van der Waals surface area contributed by atoms with Crippen molar-refractivity contribution < 1.29 is 9.90 Å². The van der Waals surface area contributed by atoms with Gasteiger partial charge in [-0.1, -0.05) is 36.0 Å². The molecule has 0 heterocycles. The summed E-state index contributed by atoms with van der Waals surface area (Å²) in [6.45, 7) is 0. The number of carboxylic acid groups (broad SMARTS) is 1. The molecule has 1 unspecified atom stereocenters. The zero-order chi connectivity index (χ0) is 13.9. The number of allylic oxidation sites excluding steroid dienone is 7. The van der Waals surface area contributed by atoms with Gasteiger partial charge in [0.25, 0.3) is 0 Å². The quantitative estimate of drug-likeness (QED) is 0.850. The second kappa shape index (κ2) is 6.04. The number of carbonyl (C=O) groups is 1. The highest BCUT2D eigenvalue weighted by atomic mass is 32.2. The van der Waals surface area contributed by atoms with Gasteiger partial charge in [0.2, 0.25) is 0 Å². The third-order valence-corrected chi connectivity index (χ3v) is 5.41. The summed E-state index contributed by atoms with van der Waals surface area (Å²) in [7, 11) is 0. The zero-order valence-corrected chi connectivity index (χ0v) is 12.4. The fourth-order valence-corrected chi connectivity index (χ4v) is 4.14. The Balaban J connectivity index is 1.70. The van der Waals surface area contributed by atoms with Crippen LogP contribution in [-0.4, -0.2) is 22.6 Å². The van der Waals surface area contributed by atoms with Crippen molar-refractivity contribution in [3.8, 4) is 0 Å². The number of fused-ring (bicyclic) bond motifs is 2. The molecule has 0 aliphatic heterocycles. The molecule has 0 amide bonds. The van der Waals surface area contributed by atoms with E-state index < -0.39 is 5.97 Å². The van der Waals surface area contributed by atoms with Crippen molar-refractivity contribution in [2.75, 3.05) is 11.5 Å². The fourth-order valence-electron chi connectivity index (χ4n) is 3.38. The van der Waals surface area contributed by atoms with E-state index in [9.17, 15) is 4.79 Å². The minimum atomic E-state index is -0.719. The fraction of sp³-hybridized carbons (Fsp3) is 0.471. The Kier molecular flexibility index (Phi) is 4.16. The summed E-state index contributed by atoms with van der Waals surface area (Å²) in [5, 5.41) is 8.69. The smallest absolute Gasteiger partial charge is 0.313 e. The van der Waals surface area contributed by atoms with Gasteiger partial charge in [0.15, 0.2) is 0 Å². The molecule has 3 aliphatic rings. The van der Waals surface area contributed by atoms with E-state index >= 15 is 0 Å². The Hall–Kier alpha value is -1.22. The number of aliphatic carboxylic acids is 1. The average Bonchev–Trinajstić information content (AvgIpc) is 2.44. The minimum absolute atomic E-state index is 0.206. The maximum absolute atomic E-state index is 10.6. The van der Waals surface area contributed by atoms with Gasteiger partial charge >= 0.3 is 5.97 Å². The summed E-state index contributed by atoms with van der Waals surface area (Å²) in [6, 6.07) is 0. The normalized spacial score (nSPS) is 27.9. The van der Waals surface area contributed by atoms with Crippen LogP contribution in [0.15, 0.2) is 47.1 Å². The second-order valence-electron chi connectivity index (χ2n) is 5.83. The summed E-state index contributed by atoms with van der Waals surface area (Å²) < 4.78 is 0. The van der Waals surface area contributed by atoms with Gasteiger partial charge in [-0.05, 0) is 48.7 Å². The number of carboxylic acids is 1. The van der Waals surface area contributed by atoms with Crippen molar-refractivity contribution in [2.45, 2.75) is 25.7 Å². The number of hydrogen-bond acceptors (Lipinski definition) is 2. The van der Waals surface area contributed by atoms with Crippen LogP contribution in [0.2, 0.25) is 0 Å². The summed E-state index contributed by atoms with van der Waals surface area (Å²) in [4.78, 5) is 10.6. The molecular weight excluding hydrogens is 268 g/mol. The van der Waals surface area contributed by atoms with Gasteiger partial charge < -0.3 is 5.11 Å². The third-order valence-electron chi connectivity index (χ3n) is 4.39. The summed E-state index contributed by atoms with van der Waals surface area (Å²) in [5.74, 6) is 1.79. The van der Waals surface area contributed by atoms with Gasteiger partial charge in [-0.15, -0.1) is 11.8 Å². The molecule has 0 aromatic carbocycles. The van der Waals surface area contributed by atoms with E-state index in [0.29, 0.717) is 0 Å². The van der Waals surface area contributed by atoms with E-state index in [-0.39, 0.29) is 5.75 Å². The Morgan fingerprint density at radius 2 is 2.20 bits per heavy atom. The van der Waals surface area contributed by atoms with Crippen LogP contribution in [0.4, 0.5) is 0 Å². The second-order valence-corrected chi connectivity index (χ2v) is 6.82. The first-order valence-electron chi connectivity index (χ1n) is 7.29. The van der Waals surface area contributed by atoms with Crippen molar-refractivity contribution in [1.29, 1.82) is 0 Å². The molecule has 0 spiro atoms. The molecule has 106 valence electrons. The van der Waals surface area contributed by atoms with Crippen LogP contribution in [0.25, 0.3) is 0 Å². The predicted molar refractivity (Wildman–Crippen MR) is 83.8 cm³/mol. The summed E-state index contributed by atoms with van der Waals surface area (Å²) in [5.41, 5.74) is 4.36. The molecule has 0 fully saturated rings. The molecule has 3 heteroatoms. The van der Waals surface area contributed by atoms with Gasteiger partial charge in [0.1, 0.15) is 0 Å². The Morgan fingerprint density at radius 1 is 1.30 bits per heavy atom. The molecule has 0 saturated heterocycles. The Bertz CT molecular complexity index is 525. The summed E-state index contributed by atoms with van der Waals surface area (Å²) in [6.07, 6.45) is 16.2. The monoisotopic (exact) mass is 288 g/mol. The molecule has 0 saturated carbocycles. The van der Waals surface area contributed by atoms with Gasteiger partial charge in [-0.3, -0.25) is 4.79 Å². The van der Waals surface area contributed by atoms with E-state index in [1.165, 1.54) is 47.7 Å². The molecule has 3 aliphatic carbocycles. The van der Waals surface area contributed by atoms with E-state index in [2.05, 4.69) is 30.4 Å². The average molecular weight is 288 g/mol. The van der Waals surface area contributed by atoms with Crippen LogP contribution in [-0.2, 0) is 4.79 Å². The van der Waals surface area contributed by atoms with Gasteiger partial charge in [-0.2, -0.15) is 0 Å². The first-order valence-corrected chi connectivity index (χ1v) is 8.45. The molecule has 3 rings (SSSR count). The first-order chi connectivity index (χ1) is 9.72. The Labute approximate surface area is 124 Å². The van der Waals surface area contributed by atoms with Crippen LogP contribution >= 0.6 is 11.8 Å². The lowest BCUT2D eigenvalue weighted by molar-refractivity contribution is -0.133. The van der Waals surface area contributed by atoms with Gasteiger partial charge in [0.05, 0.1) is 5.75 Å². The molecular formula is C17H20O2S. The molecule has 2 nitrogen and oxygen atoms in total. The highest BCUT2D eigenvalue weighted by Gasteiger charge is 2.28. The van der Waals surface area contributed by atoms with Gasteiger partial charge in [-0.25, -0.2) is 0 Å². The molecule has 0 bridgehead atoms. The maximum atomic E-state index is 10.6. The number of rotatable bonds is 4. The molecule has 0 aromatic rings. The van der Waals surface area contributed by atoms with Crippen LogP contribution < -0.4 is 0 Å². The molecule has 0 radical (unpaired) electrons. The van der Waals surface area contributed by atoms with Crippen molar-refractivity contribution in [3.63, 3.8) is 0 Å². The number of hydrogen-bond donors (Lipinski definition) is 1. The van der Waals surface area contributed by atoms with E-state index in [1.54, 1.807) is 0 Å². The largest absolute Gasteiger partial charge is 0.481 e. The van der Waals surface area contributed by atoms with E-state index in [1.807, 2.05) is 0 Å². The predicted octanol–water partition coefficient (Wildman–Crippen LogP) is 3.97. The van der Waals surface area contributed by atoms with Crippen LogP contribution in [0.3, 0.4) is 0 Å². The van der Waals surface area contributed by atoms with Crippen LogP contribution in [0.1, 0.15) is 25.7 Å². The highest BCUT2D eigenvalue weighted by Crippen LogP contribution is 2.42. The lowest BCUT2D eigenvalue weighted by atomic mass is 9.71. The molecule has 20 heavy (non-hydrogen) atoms. The summed E-state index contributed by atoms with van der Waals surface area (Å²) >= 11 is 1.51. The van der Waals surface area contributed by atoms with Crippen molar-refractivity contribution in [2.24, 2.45) is 11.8 Å². The van der Waals surface area contributed by atoms with Crippen molar-refractivity contribution in [3.05, 3.63) is 47.1 Å². The van der Waals surface area contributed by atoms with E-state index in [4.69, 9.17) is 5.11 Å². The topological polar surface area (TPSA) is 37.3 Å². The molecule has 1 N–H and O–H groups in total.